The Kier molecular flexibility index (Phi) is 5.82. The molecule has 0 saturated carbocycles. The van der Waals surface area contributed by atoms with Crippen molar-refractivity contribution in [3.05, 3.63) is 29.8 Å². The molecule has 1 aromatic carbocycles. The van der Waals surface area contributed by atoms with E-state index in [0.717, 1.165) is 5.56 Å². The fraction of sp³-hybridized carbons (Fsp3) is 0.500. The molecular formula is C12H15F3O4S. The monoisotopic (exact) mass is 312 g/mol. The lowest BCUT2D eigenvalue weighted by molar-refractivity contribution is -0.0542. The Hall–Kier alpha value is -1.28. The summed E-state index contributed by atoms with van der Waals surface area (Å²) in [7, 11) is -3.92. The lowest BCUT2D eigenvalue weighted by atomic mass is 10.1. The fourth-order valence-corrected chi connectivity index (χ4v) is 1.93. The van der Waals surface area contributed by atoms with Crippen LogP contribution in [-0.4, -0.2) is 27.6 Å². The molecule has 0 N–H and O–H groups in total. The normalized spacial score (nSPS) is 12.4. The zero-order chi connectivity index (χ0) is 15.2. The van der Waals surface area contributed by atoms with Gasteiger partial charge in [-0.1, -0.05) is 12.1 Å². The number of alkyl halides is 3. The van der Waals surface area contributed by atoms with Crippen LogP contribution in [0.25, 0.3) is 0 Å². The highest BCUT2D eigenvalue weighted by atomic mass is 32.2. The summed E-state index contributed by atoms with van der Waals surface area (Å²) in [5.41, 5.74) is -4.37. The first-order valence-electron chi connectivity index (χ1n) is 5.85. The van der Waals surface area contributed by atoms with E-state index in [1.165, 1.54) is 0 Å². The smallest absolute Gasteiger partial charge is 0.497 e. The summed E-state index contributed by atoms with van der Waals surface area (Å²) >= 11 is 0. The summed E-state index contributed by atoms with van der Waals surface area (Å²) in [4.78, 5) is 0. The minimum atomic E-state index is -5.47. The molecule has 0 aliphatic carbocycles. The highest BCUT2D eigenvalue weighted by Crippen LogP contribution is 2.24. The topological polar surface area (TPSA) is 52.6 Å². The molecule has 8 heteroatoms. The van der Waals surface area contributed by atoms with E-state index in [-0.39, 0.29) is 6.42 Å². The molecule has 0 aromatic heterocycles. The number of hydrogen-bond acceptors (Lipinski definition) is 4. The number of unbranched alkanes of at least 4 members (excludes halogenated alkanes) is 1. The van der Waals surface area contributed by atoms with Gasteiger partial charge in [-0.3, -0.25) is 4.18 Å². The van der Waals surface area contributed by atoms with Gasteiger partial charge in [0.05, 0.1) is 13.7 Å². The van der Waals surface area contributed by atoms with E-state index < -0.39 is 22.2 Å². The first kappa shape index (κ1) is 16.8. The van der Waals surface area contributed by atoms with Crippen LogP contribution in [0, 0.1) is 0 Å². The molecule has 20 heavy (non-hydrogen) atoms. The van der Waals surface area contributed by atoms with Crippen molar-refractivity contribution in [2.24, 2.45) is 0 Å². The number of aryl methyl sites for hydroxylation is 1. The summed E-state index contributed by atoms with van der Waals surface area (Å²) in [5.74, 6) is 0.716. The van der Waals surface area contributed by atoms with Crippen LogP contribution in [0.2, 0.25) is 0 Å². The number of hydrogen-bond donors (Lipinski definition) is 0. The number of ether oxygens (including phenoxy) is 1. The summed E-state index contributed by atoms with van der Waals surface area (Å²) in [6.07, 6.45) is 1.38. The maximum absolute atomic E-state index is 12.0. The fourth-order valence-electron chi connectivity index (χ4n) is 1.46. The van der Waals surface area contributed by atoms with Gasteiger partial charge in [-0.15, -0.1) is 0 Å². The van der Waals surface area contributed by atoms with E-state index in [0.29, 0.717) is 18.6 Å². The predicted octanol–water partition coefficient (Wildman–Crippen LogP) is 2.88. The minimum Gasteiger partial charge on any atom is -0.497 e. The second-order valence-corrected chi connectivity index (χ2v) is 5.63. The highest BCUT2D eigenvalue weighted by Gasteiger charge is 2.47. The van der Waals surface area contributed by atoms with Gasteiger partial charge in [0.2, 0.25) is 0 Å². The average Bonchev–Trinajstić information content (AvgIpc) is 2.37. The van der Waals surface area contributed by atoms with Crippen molar-refractivity contribution in [2.75, 3.05) is 13.7 Å². The molecule has 0 saturated heterocycles. The molecule has 0 spiro atoms. The van der Waals surface area contributed by atoms with Crippen LogP contribution in [-0.2, 0) is 20.7 Å². The zero-order valence-corrected chi connectivity index (χ0v) is 11.6. The molecule has 114 valence electrons. The van der Waals surface area contributed by atoms with Crippen LogP contribution in [0.15, 0.2) is 24.3 Å². The van der Waals surface area contributed by atoms with Crippen LogP contribution < -0.4 is 4.74 Å². The van der Waals surface area contributed by atoms with Crippen molar-refractivity contribution in [2.45, 2.75) is 24.8 Å². The predicted molar refractivity (Wildman–Crippen MR) is 66.9 cm³/mol. The number of benzene rings is 1. The molecule has 0 fully saturated rings. The van der Waals surface area contributed by atoms with Crippen LogP contribution in [0.3, 0.4) is 0 Å². The van der Waals surface area contributed by atoms with Crippen molar-refractivity contribution in [3.8, 4) is 5.75 Å². The van der Waals surface area contributed by atoms with Gasteiger partial charge in [0.1, 0.15) is 5.75 Å². The van der Waals surface area contributed by atoms with Crippen LogP contribution in [0.5, 0.6) is 5.75 Å². The average molecular weight is 312 g/mol. The van der Waals surface area contributed by atoms with E-state index >= 15 is 0 Å². The molecule has 0 unspecified atom stereocenters. The van der Waals surface area contributed by atoms with E-state index in [1.807, 2.05) is 12.1 Å². The molecule has 1 aromatic rings. The van der Waals surface area contributed by atoms with E-state index in [1.54, 1.807) is 19.2 Å². The van der Waals surface area contributed by atoms with Gasteiger partial charge in [0.15, 0.2) is 0 Å². The Labute approximate surface area is 115 Å². The first-order chi connectivity index (χ1) is 9.26. The summed E-state index contributed by atoms with van der Waals surface area (Å²) in [5, 5.41) is 0. The molecule has 0 aliphatic rings. The minimum absolute atomic E-state index is 0.224. The maximum Gasteiger partial charge on any atom is 0.523 e. The van der Waals surface area contributed by atoms with Crippen molar-refractivity contribution < 1.29 is 30.5 Å². The molecule has 0 amide bonds. The van der Waals surface area contributed by atoms with Crippen LogP contribution in [0.1, 0.15) is 18.4 Å². The molecule has 1 rings (SSSR count). The van der Waals surface area contributed by atoms with Gasteiger partial charge in [-0.25, -0.2) is 0 Å². The van der Waals surface area contributed by atoms with Crippen molar-refractivity contribution in [1.29, 1.82) is 0 Å². The maximum atomic E-state index is 12.0. The number of halogens is 3. The van der Waals surface area contributed by atoms with Gasteiger partial charge in [0.25, 0.3) is 0 Å². The van der Waals surface area contributed by atoms with Gasteiger partial charge >= 0.3 is 15.6 Å². The van der Waals surface area contributed by atoms with E-state index in [9.17, 15) is 21.6 Å². The quantitative estimate of drug-likeness (QED) is 0.441. The third-order valence-electron chi connectivity index (χ3n) is 2.54. The molecule has 0 heterocycles. The second kappa shape index (κ2) is 6.94. The highest BCUT2D eigenvalue weighted by molar-refractivity contribution is 7.87. The Morgan fingerprint density at radius 1 is 1.10 bits per heavy atom. The lowest BCUT2D eigenvalue weighted by Gasteiger charge is -2.08. The Balaban J connectivity index is 2.29. The summed E-state index contributed by atoms with van der Waals surface area (Å²) < 4.78 is 65.9. The van der Waals surface area contributed by atoms with Crippen molar-refractivity contribution in [1.82, 2.24) is 0 Å². The van der Waals surface area contributed by atoms with Gasteiger partial charge < -0.3 is 4.74 Å². The third-order valence-corrected chi connectivity index (χ3v) is 3.58. The SMILES string of the molecule is COc1ccc(CCCCOS(=O)(=O)C(F)(F)F)cc1. The second-order valence-electron chi connectivity index (χ2n) is 4.03. The Bertz CT molecular complexity index is 508. The van der Waals surface area contributed by atoms with E-state index in [2.05, 4.69) is 4.18 Å². The van der Waals surface area contributed by atoms with Gasteiger partial charge in [-0.2, -0.15) is 21.6 Å². The van der Waals surface area contributed by atoms with Crippen molar-refractivity contribution >= 4 is 10.1 Å². The molecule has 4 nitrogen and oxygen atoms in total. The molecule has 0 atom stereocenters. The van der Waals surface area contributed by atoms with Gasteiger partial charge in [0, 0.05) is 0 Å². The summed E-state index contributed by atoms with van der Waals surface area (Å²) in [6, 6.07) is 7.23. The Morgan fingerprint density at radius 2 is 1.70 bits per heavy atom. The van der Waals surface area contributed by atoms with Crippen molar-refractivity contribution in [3.63, 3.8) is 0 Å². The first-order valence-corrected chi connectivity index (χ1v) is 7.26. The van der Waals surface area contributed by atoms with Crippen LogP contribution >= 0.6 is 0 Å². The largest absolute Gasteiger partial charge is 0.523 e. The van der Waals surface area contributed by atoms with Gasteiger partial charge in [-0.05, 0) is 37.0 Å². The summed E-state index contributed by atoms with van der Waals surface area (Å²) in [6.45, 7) is -0.474. The zero-order valence-electron chi connectivity index (χ0n) is 10.8. The standard InChI is InChI=1S/C12H15F3O4S/c1-18-11-7-5-10(6-8-11)4-2-3-9-19-20(16,17)12(13,14)15/h5-8H,2-4,9H2,1H3. The third kappa shape index (κ3) is 5.01. The molecular weight excluding hydrogens is 297 g/mol. The van der Waals surface area contributed by atoms with Crippen LogP contribution in [0.4, 0.5) is 13.2 Å². The number of rotatable bonds is 7. The van der Waals surface area contributed by atoms with E-state index in [4.69, 9.17) is 4.74 Å². The molecule has 0 bridgehead atoms. The lowest BCUT2D eigenvalue weighted by Crippen LogP contribution is -2.25. The number of methoxy groups -OCH3 is 1. The molecule has 0 radical (unpaired) electrons. The molecule has 0 aliphatic heterocycles. The Morgan fingerprint density at radius 3 is 2.20 bits per heavy atom.